The molecular formula is C18H18FNO6S. The van der Waals surface area contributed by atoms with Crippen molar-refractivity contribution in [2.45, 2.75) is 24.8 Å². The Morgan fingerprint density at radius 3 is 2.44 bits per heavy atom. The molecule has 9 heteroatoms. The molecule has 0 fully saturated rings. The van der Waals surface area contributed by atoms with E-state index in [0.29, 0.717) is 0 Å². The summed E-state index contributed by atoms with van der Waals surface area (Å²) < 4.78 is 50.3. The minimum Gasteiger partial charge on any atom is -0.466 e. The van der Waals surface area contributed by atoms with Gasteiger partial charge in [0, 0.05) is 0 Å². The van der Waals surface area contributed by atoms with E-state index in [1.54, 1.807) is 0 Å². The van der Waals surface area contributed by atoms with Gasteiger partial charge in [-0.25, -0.2) is 22.4 Å². The van der Waals surface area contributed by atoms with Gasteiger partial charge in [0.25, 0.3) is 10.0 Å². The maximum atomic E-state index is 13.2. The molecule has 144 valence electrons. The zero-order valence-electron chi connectivity index (χ0n) is 14.9. The second kappa shape index (κ2) is 8.17. The van der Waals surface area contributed by atoms with Crippen LogP contribution in [0.15, 0.2) is 47.4 Å². The van der Waals surface area contributed by atoms with Gasteiger partial charge < -0.3 is 9.47 Å². The summed E-state index contributed by atoms with van der Waals surface area (Å²) in [4.78, 5) is 23.6. The molecule has 0 spiro atoms. The van der Waals surface area contributed by atoms with Gasteiger partial charge in [-0.05, 0) is 49.7 Å². The molecule has 0 aliphatic rings. The summed E-state index contributed by atoms with van der Waals surface area (Å²) in [5.41, 5.74) is 0.0850. The summed E-state index contributed by atoms with van der Waals surface area (Å²) >= 11 is 0. The number of rotatable bonds is 6. The van der Waals surface area contributed by atoms with E-state index in [0.717, 1.165) is 25.3 Å². The predicted molar refractivity (Wildman–Crippen MR) is 95.3 cm³/mol. The molecule has 0 amide bonds. The number of para-hydroxylation sites is 1. The molecular weight excluding hydrogens is 377 g/mol. The topological polar surface area (TPSA) is 98.8 Å². The van der Waals surface area contributed by atoms with E-state index in [1.807, 2.05) is 0 Å². The molecule has 27 heavy (non-hydrogen) atoms. The molecule has 0 aliphatic heterocycles. The van der Waals surface area contributed by atoms with Gasteiger partial charge in [0.2, 0.25) is 0 Å². The Balaban J connectivity index is 2.32. The molecule has 0 unspecified atom stereocenters. The molecule has 0 radical (unpaired) electrons. The van der Waals surface area contributed by atoms with Crippen molar-refractivity contribution in [1.82, 2.24) is 0 Å². The second-order valence-electron chi connectivity index (χ2n) is 5.63. The van der Waals surface area contributed by atoms with Gasteiger partial charge in [-0.2, -0.15) is 0 Å². The van der Waals surface area contributed by atoms with Crippen molar-refractivity contribution in [1.29, 1.82) is 0 Å². The van der Waals surface area contributed by atoms with Crippen LogP contribution in [0.1, 0.15) is 22.8 Å². The highest BCUT2D eigenvalue weighted by Gasteiger charge is 2.24. The van der Waals surface area contributed by atoms with Crippen LogP contribution in [-0.2, 0) is 24.3 Å². The number of carbonyl (C=O) groups is 2. The lowest BCUT2D eigenvalue weighted by Gasteiger charge is -2.15. The van der Waals surface area contributed by atoms with Gasteiger partial charge >= 0.3 is 11.9 Å². The first kappa shape index (κ1) is 20.4. The van der Waals surface area contributed by atoms with Crippen LogP contribution in [0.25, 0.3) is 0 Å². The van der Waals surface area contributed by atoms with Crippen LogP contribution in [0.5, 0.6) is 0 Å². The molecule has 1 atom stereocenters. The summed E-state index contributed by atoms with van der Waals surface area (Å²) in [6.07, 6.45) is -1.16. The zero-order valence-corrected chi connectivity index (χ0v) is 15.7. The van der Waals surface area contributed by atoms with Crippen LogP contribution in [0, 0.1) is 12.7 Å². The summed E-state index contributed by atoms with van der Waals surface area (Å²) in [5.74, 6) is -2.21. The third-order valence-electron chi connectivity index (χ3n) is 3.63. The molecule has 0 heterocycles. The highest BCUT2D eigenvalue weighted by Crippen LogP contribution is 2.23. The number of esters is 2. The quantitative estimate of drug-likeness (QED) is 0.755. The molecule has 0 bridgehead atoms. The smallest absolute Gasteiger partial charge is 0.346 e. The Bertz CT molecular complexity index is 974. The van der Waals surface area contributed by atoms with E-state index < -0.39 is 33.9 Å². The summed E-state index contributed by atoms with van der Waals surface area (Å²) in [6.45, 7) is 2.79. The SMILES string of the molecule is COC(=O)[C@H](C)OC(=O)c1ccccc1NS(=O)(=O)c1ccc(F)cc1C. The molecule has 0 aliphatic carbocycles. The molecule has 0 saturated heterocycles. The number of nitrogens with one attached hydrogen (secondary N) is 1. The monoisotopic (exact) mass is 395 g/mol. The largest absolute Gasteiger partial charge is 0.466 e. The van der Waals surface area contributed by atoms with E-state index in [2.05, 4.69) is 9.46 Å². The number of hydrogen-bond acceptors (Lipinski definition) is 6. The van der Waals surface area contributed by atoms with E-state index in [-0.39, 0.29) is 21.7 Å². The number of carbonyl (C=O) groups excluding carboxylic acids is 2. The van der Waals surface area contributed by atoms with Crippen molar-refractivity contribution in [3.05, 3.63) is 59.4 Å². The summed E-state index contributed by atoms with van der Waals surface area (Å²) in [5, 5.41) is 0. The lowest BCUT2D eigenvalue weighted by Crippen LogP contribution is -2.26. The molecule has 2 aromatic rings. The molecule has 7 nitrogen and oxygen atoms in total. The highest BCUT2D eigenvalue weighted by molar-refractivity contribution is 7.92. The van der Waals surface area contributed by atoms with Crippen LogP contribution < -0.4 is 4.72 Å². The molecule has 2 rings (SSSR count). The molecule has 0 aromatic heterocycles. The van der Waals surface area contributed by atoms with E-state index in [4.69, 9.17) is 4.74 Å². The van der Waals surface area contributed by atoms with Crippen molar-refractivity contribution >= 4 is 27.6 Å². The number of sulfonamides is 1. The number of hydrogen-bond donors (Lipinski definition) is 1. The van der Waals surface area contributed by atoms with Crippen LogP contribution >= 0.6 is 0 Å². The highest BCUT2D eigenvalue weighted by atomic mass is 32.2. The van der Waals surface area contributed by atoms with Gasteiger partial charge in [-0.15, -0.1) is 0 Å². The number of benzene rings is 2. The summed E-state index contributed by atoms with van der Waals surface area (Å²) in [7, 11) is -2.93. The fraction of sp³-hybridized carbons (Fsp3) is 0.222. The first-order valence-electron chi connectivity index (χ1n) is 7.82. The average molecular weight is 395 g/mol. The zero-order chi connectivity index (χ0) is 20.2. The minimum absolute atomic E-state index is 0.0386. The van der Waals surface area contributed by atoms with Crippen molar-refractivity contribution in [2.24, 2.45) is 0 Å². The van der Waals surface area contributed by atoms with Gasteiger partial charge in [-0.1, -0.05) is 12.1 Å². The van der Waals surface area contributed by atoms with E-state index in [9.17, 15) is 22.4 Å². The second-order valence-corrected chi connectivity index (χ2v) is 7.28. The first-order valence-corrected chi connectivity index (χ1v) is 9.31. The van der Waals surface area contributed by atoms with Crippen LogP contribution in [-0.4, -0.2) is 33.6 Å². The number of methoxy groups -OCH3 is 1. The Labute approximate surface area is 156 Å². The maximum Gasteiger partial charge on any atom is 0.346 e. The van der Waals surface area contributed by atoms with E-state index in [1.165, 1.54) is 38.1 Å². The Morgan fingerprint density at radius 1 is 1.15 bits per heavy atom. The van der Waals surface area contributed by atoms with E-state index >= 15 is 0 Å². The van der Waals surface area contributed by atoms with Crippen molar-refractivity contribution in [3.8, 4) is 0 Å². The lowest BCUT2D eigenvalue weighted by molar-refractivity contribution is -0.149. The fourth-order valence-electron chi connectivity index (χ4n) is 2.30. The number of ether oxygens (including phenoxy) is 2. The van der Waals surface area contributed by atoms with Crippen molar-refractivity contribution in [2.75, 3.05) is 11.8 Å². The van der Waals surface area contributed by atoms with Crippen LogP contribution in [0.3, 0.4) is 0 Å². The van der Waals surface area contributed by atoms with Gasteiger partial charge in [0.1, 0.15) is 5.82 Å². The fourth-order valence-corrected chi connectivity index (χ4v) is 3.61. The first-order chi connectivity index (χ1) is 12.7. The van der Waals surface area contributed by atoms with Crippen molar-refractivity contribution in [3.63, 3.8) is 0 Å². The normalized spacial score (nSPS) is 12.1. The number of anilines is 1. The van der Waals surface area contributed by atoms with Gasteiger partial charge in [-0.3, -0.25) is 4.72 Å². The third kappa shape index (κ3) is 4.82. The van der Waals surface area contributed by atoms with Crippen molar-refractivity contribution < 1.29 is 31.9 Å². The number of aryl methyl sites for hydroxylation is 1. The lowest BCUT2D eigenvalue weighted by atomic mass is 10.2. The van der Waals surface area contributed by atoms with Crippen LogP contribution in [0.4, 0.5) is 10.1 Å². The summed E-state index contributed by atoms with van der Waals surface area (Å²) in [6, 6.07) is 9.01. The van der Waals surface area contributed by atoms with Crippen LogP contribution in [0.2, 0.25) is 0 Å². The van der Waals surface area contributed by atoms with Gasteiger partial charge in [0.15, 0.2) is 6.10 Å². The Hall–Kier alpha value is -2.94. The Kier molecular flexibility index (Phi) is 6.17. The molecule has 1 N–H and O–H groups in total. The van der Waals surface area contributed by atoms with Gasteiger partial charge in [0.05, 0.1) is 23.3 Å². The molecule has 0 saturated carbocycles. The minimum atomic E-state index is -4.08. The molecule has 2 aromatic carbocycles. The maximum absolute atomic E-state index is 13.2. The predicted octanol–water partition coefficient (Wildman–Crippen LogP) is 2.65. The standard InChI is InChI=1S/C18H18FNO6S/c1-11-10-13(19)8-9-16(11)27(23,24)20-15-7-5-4-6-14(15)18(22)26-12(2)17(21)25-3/h4-10,12,20H,1-3H3/t12-/m0/s1. The third-order valence-corrected chi connectivity index (χ3v) is 5.16. The average Bonchev–Trinajstić information content (AvgIpc) is 2.60. The number of halogens is 1. The Morgan fingerprint density at radius 2 is 1.81 bits per heavy atom.